The molecule has 1 N–H and O–H groups in total. The van der Waals surface area contributed by atoms with Crippen molar-refractivity contribution in [3.05, 3.63) is 0 Å². The van der Waals surface area contributed by atoms with Gasteiger partial charge in [-0.05, 0) is 13.8 Å². The number of nitrogens with zero attached hydrogens (tertiary/aromatic N) is 2. The predicted octanol–water partition coefficient (Wildman–Crippen LogP) is 0.480. The first-order valence-corrected chi connectivity index (χ1v) is 5.12. The smallest absolute Gasteiger partial charge is 0.323 e. The second-order valence-corrected chi connectivity index (χ2v) is 3.81. The van der Waals surface area contributed by atoms with Gasteiger partial charge in [0.1, 0.15) is 6.54 Å². The molecule has 0 spiro atoms. The van der Waals surface area contributed by atoms with Gasteiger partial charge in [0.2, 0.25) is 0 Å². The molecule has 6 nitrogen and oxygen atoms in total. The van der Waals surface area contributed by atoms with Gasteiger partial charge in [-0.2, -0.15) is 0 Å². The van der Waals surface area contributed by atoms with Gasteiger partial charge >= 0.3 is 12.0 Å². The van der Waals surface area contributed by atoms with Crippen molar-refractivity contribution in [2.75, 3.05) is 33.9 Å². The molecular weight excluding hydrogens is 212 g/mol. The molecule has 16 heavy (non-hydrogen) atoms. The van der Waals surface area contributed by atoms with E-state index in [1.165, 1.54) is 9.80 Å². The van der Waals surface area contributed by atoms with Crippen LogP contribution in [0.1, 0.15) is 13.8 Å². The minimum atomic E-state index is -1.01. The average Bonchev–Trinajstić information content (AvgIpc) is 2.20. The number of methoxy groups -OCH3 is 1. The minimum Gasteiger partial charge on any atom is -0.480 e. The first kappa shape index (κ1) is 14.7. The predicted molar refractivity (Wildman–Crippen MR) is 59.4 cm³/mol. The highest BCUT2D eigenvalue weighted by Crippen LogP contribution is 2.03. The zero-order valence-corrected chi connectivity index (χ0v) is 10.3. The van der Waals surface area contributed by atoms with E-state index in [1.54, 1.807) is 28.0 Å². The summed E-state index contributed by atoms with van der Waals surface area (Å²) in [5.74, 6) is -1.01. The molecule has 0 atom stereocenters. The van der Waals surface area contributed by atoms with E-state index in [4.69, 9.17) is 9.84 Å². The summed E-state index contributed by atoms with van der Waals surface area (Å²) in [6.07, 6.45) is 0. The summed E-state index contributed by atoms with van der Waals surface area (Å²) in [5, 5.41) is 8.70. The second kappa shape index (κ2) is 7.05. The molecule has 0 heterocycles. The molecule has 0 unspecified atom stereocenters. The van der Waals surface area contributed by atoms with Gasteiger partial charge in [-0.3, -0.25) is 4.79 Å². The van der Waals surface area contributed by atoms with E-state index in [-0.39, 0.29) is 18.6 Å². The second-order valence-electron chi connectivity index (χ2n) is 3.81. The summed E-state index contributed by atoms with van der Waals surface area (Å²) in [7, 11) is 3.17. The van der Waals surface area contributed by atoms with Crippen LogP contribution in [0.15, 0.2) is 0 Å². The molecular formula is C10H20N2O4. The van der Waals surface area contributed by atoms with Crippen molar-refractivity contribution in [2.24, 2.45) is 0 Å². The molecule has 0 bridgehead atoms. The summed E-state index contributed by atoms with van der Waals surface area (Å²) in [6.45, 7) is 4.16. The van der Waals surface area contributed by atoms with E-state index < -0.39 is 5.97 Å². The summed E-state index contributed by atoms with van der Waals surface area (Å²) >= 11 is 0. The summed E-state index contributed by atoms with van der Waals surface area (Å²) in [5.41, 5.74) is 0. The van der Waals surface area contributed by atoms with E-state index in [0.717, 1.165) is 0 Å². The van der Waals surface area contributed by atoms with Crippen molar-refractivity contribution >= 4 is 12.0 Å². The molecule has 0 radical (unpaired) electrons. The third-order valence-electron chi connectivity index (χ3n) is 2.13. The zero-order chi connectivity index (χ0) is 12.7. The molecule has 0 rings (SSSR count). The first-order chi connectivity index (χ1) is 7.40. The minimum absolute atomic E-state index is 0.145. The van der Waals surface area contributed by atoms with Crippen LogP contribution in [0, 0.1) is 0 Å². The number of ether oxygens (including phenoxy) is 1. The fraction of sp³-hybridized carbons (Fsp3) is 0.800. The number of carboxylic acid groups (broad SMARTS) is 1. The maximum Gasteiger partial charge on any atom is 0.323 e. The van der Waals surface area contributed by atoms with Crippen LogP contribution in [0.3, 0.4) is 0 Å². The van der Waals surface area contributed by atoms with Gasteiger partial charge in [0.25, 0.3) is 0 Å². The molecule has 2 amide bonds. The molecule has 6 heteroatoms. The summed E-state index contributed by atoms with van der Waals surface area (Å²) < 4.78 is 4.86. The van der Waals surface area contributed by atoms with Crippen LogP contribution in [-0.2, 0) is 9.53 Å². The topological polar surface area (TPSA) is 70.1 Å². The molecule has 94 valence electrons. The van der Waals surface area contributed by atoms with E-state index in [1.807, 2.05) is 0 Å². The van der Waals surface area contributed by atoms with Gasteiger partial charge in [0.05, 0.1) is 6.61 Å². The Morgan fingerprint density at radius 3 is 2.31 bits per heavy atom. The Bertz CT molecular complexity index is 243. The van der Waals surface area contributed by atoms with E-state index in [0.29, 0.717) is 13.2 Å². The van der Waals surface area contributed by atoms with E-state index in [9.17, 15) is 9.59 Å². The number of urea groups is 1. The fourth-order valence-electron chi connectivity index (χ4n) is 1.16. The third-order valence-corrected chi connectivity index (χ3v) is 2.13. The first-order valence-electron chi connectivity index (χ1n) is 5.12. The summed E-state index contributed by atoms with van der Waals surface area (Å²) in [4.78, 5) is 25.2. The lowest BCUT2D eigenvalue weighted by Gasteiger charge is -2.29. The molecule has 0 fully saturated rings. The number of carboxylic acids is 1. The monoisotopic (exact) mass is 232 g/mol. The molecule has 0 aliphatic rings. The lowest BCUT2D eigenvalue weighted by molar-refractivity contribution is -0.138. The lowest BCUT2D eigenvalue weighted by Crippen LogP contribution is -2.47. The number of amides is 2. The van der Waals surface area contributed by atoms with Crippen LogP contribution in [0.4, 0.5) is 4.79 Å². The zero-order valence-electron chi connectivity index (χ0n) is 10.3. The normalized spacial score (nSPS) is 10.3. The number of hydrogen-bond acceptors (Lipinski definition) is 3. The van der Waals surface area contributed by atoms with Gasteiger partial charge in [0, 0.05) is 26.7 Å². The largest absolute Gasteiger partial charge is 0.480 e. The van der Waals surface area contributed by atoms with Crippen molar-refractivity contribution in [1.82, 2.24) is 9.80 Å². The van der Waals surface area contributed by atoms with E-state index in [2.05, 4.69) is 0 Å². The van der Waals surface area contributed by atoms with Gasteiger partial charge in [-0.1, -0.05) is 0 Å². The fourth-order valence-corrected chi connectivity index (χ4v) is 1.16. The quantitative estimate of drug-likeness (QED) is 0.723. The van der Waals surface area contributed by atoms with Gasteiger partial charge < -0.3 is 19.6 Å². The SMILES string of the molecule is COCCN(C)C(=O)N(CC(=O)O)C(C)C. The van der Waals surface area contributed by atoms with Gasteiger partial charge in [0.15, 0.2) is 0 Å². The van der Waals surface area contributed by atoms with Crippen LogP contribution in [0.5, 0.6) is 0 Å². The Morgan fingerprint density at radius 2 is 1.94 bits per heavy atom. The number of likely N-dealkylation sites (N-methyl/N-ethyl adjacent to an activating group) is 1. The number of carbonyl (C=O) groups is 2. The molecule has 0 aromatic carbocycles. The van der Waals surface area contributed by atoms with Crippen molar-refractivity contribution in [1.29, 1.82) is 0 Å². The molecule has 0 saturated heterocycles. The maximum atomic E-state index is 11.9. The molecule has 0 aliphatic carbocycles. The summed E-state index contributed by atoms with van der Waals surface area (Å²) in [6, 6.07) is -0.442. The van der Waals surface area contributed by atoms with Crippen LogP contribution in [0.2, 0.25) is 0 Å². The maximum absolute atomic E-state index is 11.9. The van der Waals surface area contributed by atoms with Crippen molar-refractivity contribution in [3.8, 4) is 0 Å². The number of rotatable bonds is 6. The Balaban J connectivity index is 4.42. The number of carbonyl (C=O) groups excluding carboxylic acids is 1. The highest BCUT2D eigenvalue weighted by atomic mass is 16.5. The van der Waals surface area contributed by atoms with Gasteiger partial charge in [-0.25, -0.2) is 4.79 Å². The van der Waals surface area contributed by atoms with Crippen LogP contribution in [-0.4, -0.2) is 66.8 Å². The number of aliphatic carboxylic acids is 1. The number of hydrogen-bond donors (Lipinski definition) is 1. The Hall–Kier alpha value is -1.30. The Kier molecular flexibility index (Phi) is 6.48. The molecule has 0 aromatic rings. The van der Waals surface area contributed by atoms with Crippen LogP contribution >= 0.6 is 0 Å². The molecule has 0 aromatic heterocycles. The van der Waals surface area contributed by atoms with Crippen molar-refractivity contribution in [3.63, 3.8) is 0 Å². The van der Waals surface area contributed by atoms with Crippen molar-refractivity contribution in [2.45, 2.75) is 19.9 Å². The standard InChI is InChI=1S/C10H20N2O4/c1-8(2)12(7-9(13)14)10(15)11(3)5-6-16-4/h8H,5-7H2,1-4H3,(H,13,14). The Labute approximate surface area is 95.8 Å². The van der Waals surface area contributed by atoms with Crippen LogP contribution < -0.4 is 0 Å². The highest BCUT2D eigenvalue weighted by molar-refractivity contribution is 5.80. The lowest BCUT2D eigenvalue weighted by atomic mass is 10.3. The third kappa shape index (κ3) is 4.97. The van der Waals surface area contributed by atoms with E-state index >= 15 is 0 Å². The Morgan fingerprint density at radius 1 is 1.38 bits per heavy atom. The molecule has 0 aliphatic heterocycles. The average molecular weight is 232 g/mol. The van der Waals surface area contributed by atoms with Crippen LogP contribution in [0.25, 0.3) is 0 Å². The molecule has 0 saturated carbocycles. The highest BCUT2D eigenvalue weighted by Gasteiger charge is 2.22. The van der Waals surface area contributed by atoms with Gasteiger partial charge in [-0.15, -0.1) is 0 Å². The van der Waals surface area contributed by atoms with Crippen molar-refractivity contribution < 1.29 is 19.4 Å².